The Morgan fingerprint density at radius 2 is 1.24 bits per heavy atom. The molecular formula is C23H34F4O2. The first-order valence-corrected chi connectivity index (χ1v) is 11.5. The van der Waals surface area contributed by atoms with Crippen LogP contribution >= 0.6 is 0 Å². The zero-order chi connectivity index (χ0) is 21.1. The lowest BCUT2D eigenvalue weighted by Crippen LogP contribution is -2.71. The number of alkyl halides is 4. The van der Waals surface area contributed by atoms with E-state index in [-0.39, 0.29) is 25.7 Å². The van der Waals surface area contributed by atoms with Gasteiger partial charge in [0.2, 0.25) is 0 Å². The number of halogens is 4. The standard InChI is InChI=1S/C23H34F4O2/c1-15-3-5-16(6-4-15)17-7-9-18(10-8-17)29-19(28)21-13-11-20(2,12-14-21)22(24,25)23(21,26)27/h15-18H,3-14H2,1-2H3. The van der Waals surface area contributed by atoms with Gasteiger partial charge in [-0.05, 0) is 82.0 Å². The van der Waals surface area contributed by atoms with Crippen molar-refractivity contribution in [1.82, 2.24) is 0 Å². The number of hydrogen-bond acceptors (Lipinski definition) is 2. The van der Waals surface area contributed by atoms with Gasteiger partial charge in [-0.1, -0.05) is 26.7 Å². The highest BCUT2D eigenvalue weighted by Crippen LogP contribution is 2.70. The van der Waals surface area contributed by atoms with E-state index in [0.717, 1.165) is 24.7 Å². The lowest BCUT2D eigenvalue weighted by Gasteiger charge is -2.58. The van der Waals surface area contributed by atoms with Crippen LogP contribution in [0.15, 0.2) is 0 Å². The molecule has 0 atom stereocenters. The van der Waals surface area contributed by atoms with Crippen LogP contribution in [0.25, 0.3) is 0 Å². The van der Waals surface area contributed by atoms with Crippen molar-refractivity contribution in [3.8, 4) is 0 Å². The summed E-state index contributed by atoms with van der Waals surface area (Å²) in [5, 5.41) is 0. The van der Waals surface area contributed by atoms with E-state index < -0.39 is 34.7 Å². The van der Waals surface area contributed by atoms with E-state index >= 15 is 0 Å². The van der Waals surface area contributed by atoms with Gasteiger partial charge in [-0.3, -0.25) is 4.79 Å². The Labute approximate surface area is 171 Å². The first-order valence-electron chi connectivity index (χ1n) is 11.5. The molecule has 5 aliphatic carbocycles. The largest absolute Gasteiger partial charge is 0.462 e. The minimum Gasteiger partial charge on any atom is -0.462 e. The summed E-state index contributed by atoms with van der Waals surface area (Å²) in [4.78, 5) is 12.8. The van der Waals surface area contributed by atoms with E-state index in [9.17, 15) is 22.4 Å². The minimum atomic E-state index is -4.35. The molecule has 0 unspecified atom stereocenters. The monoisotopic (exact) mass is 418 g/mol. The van der Waals surface area contributed by atoms with E-state index in [1.54, 1.807) is 0 Å². The molecule has 2 nitrogen and oxygen atoms in total. The molecule has 6 heteroatoms. The first kappa shape index (κ1) is 21.4. The maximum atomic E-state index is 14.9. The Morgan fingerprint density at radius 1 is 0.759 bits per heavy atom. The summed E-state index contributed by atoms with van der Waals surface area (Å²) in [5.74, 6) is -7.47. The Kier molecular flexibility index (Phi) is 5.26. The van der Waals surface area contributed by atoms with Gasteiger partial charge in [-0.25, -0.2) is 0 Å². The maximum absolute atomic E-state index is 14.9. The van der Waals surface area contributed by atoms with E-state index in [1.165, 1.54) is 32.6 Å². The second-order valence-electron chi connectivity index (χ2n) is 10.8. The average molecular weight is 419 g/mol. The summed E-state index contributed by atoms with van der Waals surface area (Å²) in [7, 11) is 0. The predicted octanol–water partition coefficient (Wildman–Crippen LogP) is 6.77. The number of ether oxygens (including phenoxy) is 1. The quantitative estimate of drug-likeness (QED) is 0.374. The molecule has 0 amide bonds. The third-order valence-electron chi connectivity index (χ3n) is 9.07. The molecule has 0 saturated heterocycles. The molecule has 0 N–H and O–H groups in total. The normalized spacial score (nSPS) is 46.3. The fourth-order valence-electron chi connectivity index (χ4n) is 6.57. The summed E-state index contributed by atoms with van der Waals surface area (Å²) in [6.07, 6.45) is 7.30. The summed E-state index contributed by atoms with van der Waals surface area (Å²) in [6.45, 7) is 3.52. The third-order valence-corrected chi connectivity index (χ3v) is 9.07. The van der Waals surface area contributed by atoms with Crippen molar-refractivity contribution in [2.75, 3.05) is 0 Å². The minimum absolute atomic E-state index is 0.0580. The van der Waals surface area contributed by atoms with Gasteiger partial charge in [-0.2, -0.15) is 17.6 Å². The molecule has 5 saturated carbocycles. The van der Waals surface area contributed by atoms with Crippen molar-refractivity contribution in [2.24, 2.45) is 28.6 Å². The zero-order valence-corrected chi connectivity index (χ0v) is 17.6. The summed E-state index contributed by atoms with van der Waals surface area (Å²) >= 11 is 0. The number of hydrogen-bond donors (Lipinski definition) is 0. The maximum Gasteiger partial charge on any atom is 0.326 e. The van der Waals surface area contributed by atoms with Crippen LogP contribution < -0.4 is 0 Å². The van der Waals surface area contributed by atoms with Crippen molar-refractivity contribution in [3.05, 3.63) is 0 Å². The Bertz CT molecular complexity index is 623. The highest BCUT2D eigenvalue weighted by molar-refractivity contribution is 5.79. The zero-order valence-electron chi connectivity index (χ0n) is 17.6. The average Bonchev–Trinajstić information content (AvgIpc) is 2.68. The molecule has 0 aliphatic heterocycles. The van der Waals surface area contributed by atoms with Gasteiger partial charge in [0, 0.05) is 5.41 Å². The van der Waals surface area contributed by atoms with E-state index in [4.69, 9.17) is 4.74 Å². The van der Waals surface area contributed by atoms with Crippen molar-refractivity contribution in [3.63, 3.8) is 0 Å². The SMILES string of the molecule is CC1CCC(C2CCC(OC(=O)C34CCC(C)(CC3)C(F)(F)C4(F)F)CC2)CC1. The van der Waals surface area contributed by atoms with Gasteiger partial charge in [0.05, 0.1) is 0 Å². The van der Waals surface area contributed by atoms with Gasteiger partial charge < -0.3 is 4.74 Å². The van der Waals surface area contributed by atoms with Crippen molar-refractivity contribution in [1.29, 1.82) is 0 Å². The topological polar surface area (TPSA) is 26.3 Å². The van der Waals surface area contributed by atoms with E-state index in [0.29, 0.717) is 18.8 Å². The number of fused-ring (bicyclic) bond motifs is 3. The van der Waals surface area contributed by atoms with Crippen molar-refractivity contribution >= 4 is 5.97 Å². The molecule has 5 aliphatic rings. The molecule has 5 fully saturated rings. The number of carbonyl (C=O) groups excluding carboxylic acids is 1. The van der Waals surface area contributed by atoms with Crippen LogP contribution in [0.5, 0.6) is 0 Å². The Morgan fingerprint density at radius 3 is 1.76 bits per heavy atom. The van der Waals surface area contributed by atoms with Crippen LogP contribution in [-0.4, -0.2) is 23.9 Å². The molecule has 0 radical (unpaired) electrons. The second-order valence-corrected chi connectivity index (χ2v) is 10.8. The molecule has 5 rings (SSSR count). The molecule has 0 aromatic heterocycles. The van der Waals surface area contributed by atoms with Gasteiger partial charge >= 0.3 is 17.8 Å². The van der Waals surface area contributed by atoms with Crippen LogP contribution in [0.2, 0.25) is 0 Å². The fourth-order valence-corrected chi connectivity index (χ4v) is 6.57. The van der Waals surface area contributed by atoms with Gasteiger partial charge in [0.1, 0.15) is 11.5 Å². The molecule has 0 spiro atoms. The lowest BCUT2D eigenvalue weighted by atomic mass is 9.50. The van der Waals surface area contributed by atoms with Gasteiger partial charge in [0.15, 0.2) is 0 Å². The highest BCUT2D eigenvalue weighted by Gasteiger charge is 2.82. The van der Waals surface area contributed by atoms with Crippen molar-refractivity contribution in [2.45, 2.75) is 109 Å². The van der Waals surface area contributed by atoms with Crippen LogP contribution in [0.1, 0.15) is 90.9 Å². The summed E-state index contributed by atoms with van der Waals surface area (Å²) in [6, 6.07) is 0. The smallest absolute Gasteiger partial charge is 0.326 e. The van der Waals surface area contributed by atoms with Crippen LogP contribution in [0.3, 0.4) is 0 Å². The van der Waals surface area contributed by atoms with Gasteiger partial charge in [0.25, 0.3) is 0 Å². The number of rotatable bonds is 3. The molecule has 29 heavy (non-hydrogen) atoms. The highest BCUT2D eigenvalue weighted by atomic mass is 19.3. The van der Waals surface area contributed by atoms with Crippen LogP contribution in [0, 0.1) is 28.6 Å². The summed E-state index contributed by atoms with van der Waals surface area (Å²) < 4.78 is 64.4. The molecule has 0 aromatic rings. The first-order chi connectivity index (χ1) is 13.5. The van der Waals surface area contributed by atoms with E-state index in [2.05, 4.69) is 6.92 Å². The molecule has 0 heterocycles. The molecule has 166 valence electrons. The molecule has 2 bridgehead atoms. The van der Waals surface area contributed by atoms with E-state index in [1.807, 2.05) is 0 Å². The number of esters is 1. The van der Waals surface area contributed by atoms with Crippen LogP contribution in [0.4, 0.5) is 17.6 Å². The Balaban J connectivity index is 1.38. The third kappa shape index (κ3) is 3.13. The number of carbonyl (C=O) groups is 1. The molecule has 0 aromatic carbocycles. The van der Waals surface area contributed by atoms with Gasteiger partial charge in [-0.15, -0.1) is 0 Å². The molecular weight excluding hydrogens is 384 g/mol. The second kappa shape index (κ2) is 7.12. The fraction of sp³-hybridized carbons (Fsp3) is 0.957. The Hall–Kier alpha value is -0.810. The summed E-state index contributed by atoms with van der Waals surface area (Å²) in [5.41, 5.74) is -4.08. The van der Waals surface area contributed by atoms with Crippen LogP contribution in [-0.2, 0) is 9.53 Å². The van der Waals surface area contributed by atoms with Crippen molar-refractivity contribution < 1.29 is 27.1 Å². The predicted molar refractivity (Wildman–Crippen MR) is 102 cm³/mol. The lowest BCUT2D eigenvalue weighted by molar-refractivity contribution is -0.358.